The molecular formula is C17H20N6. The highest BCUT2D eigenvalue weighted by Crippen LogP contribution is 2.12. The minimum absolute atomic E-state index is 0.941. The molecule has 118 valence electrons. The van der Waals surface area contributed by atoms with Crippen LogP contribution >= 0.6 is 0 Å². The molecule has 4 heterocycles. The van der Waals surface area contributed by atoms with Crippen LogP contribution in [0.1, 0.15) is 29.6 Å². The van der Waals surface area contributed by atoms with E-state index < -0.39 is 0 Å². The van der Waals surface area contributed by atoms with Gasteiger partial charge in [0, 0.05) is 23.7 Å². The highest BCUT2D eigenvalue weighted by Gasteiger charge is 2.02. The molecule has 0 unspecified atom stereocenters. The van der Waals surface area contributed by atoms with E-state index in [9.17, 15) is 0 Å². The number of aromatic amines is 1. The van der Waals surface area contributed by atoms with E-state index in [2.05, 4.69) is 32.0 Å². The fraction of sp³-hybridized carbons (Fsp3) is 0.294. The van der Waals surface area contributed by atoms with Crippen molar-refractivity contribution >= 4 is 16.7 Å². The molecule has 6 heteroatoms. The summed E-state index contributed by atoms with van der Waals surface area (Å²) >= 11 is 0. The van der Waals surface area contributed by atoms with Crippen molar-refractivity contribution in [1.29, 1.82) is 0 Å². The normalized spacial score (nSPS) is 10.8. The molecule has 4 rings (SSSR count). The summed E-state index contributed by atoms with van der Waals surface area (Å²) in [6, 6.07) is 1.96. The second kappa shape index (κ2) is 6.16. The van der Waals surface area contributed by atoms with Gasteiger partial charge in [-0.25, -0.2) is 14.5 Å². The smallest absolute Gasteiger partial charge is 0.158 e. The van der Waals surface area contributed by atoms with Crippen LogP contribution < -0.4 is 0 Å². The number of hydrogen-bond acceptors (Lipinski definition) is 4. The minimum atomic E-state index is 0.941. The molecular weight excluding hydrogens is 288 g/mol. The number of nitrogens with zero attached hydrogens (tertiary/aromatic N) is 5. The van der Waals surface area contributed by atoms with E-state index in [1.165, 1.54) is 5.56 Å². The lowest BCUT2D eigenvalue weighted by molar-refractivity contribution is 0.929. The third-order valence-electron chi connectivity index (χ3n) is 3.66. The van der Waals surface area contributed by atoms with Gasteiger partial charge in [0.15, 0.2) is 5.65 Å². The third kappa shape index (κ3) is 3.06. The molecule has 0 spiro atoms. The molecule has 23 heavy (non-hydrogen) atoms. The number of imidazole rings is 1. The standard InChI is InChI=1S/C9H11N3.C8H9N3/c1-3-8-6-10-12-5-4-7(2)11-9(8)12;1-5-3-9-4-7-8(5)11-6(2)10-7/h4-6H,3H2,1-2H3;3-4H,1-2H3,(H,10,11). The summed E-state index contributed by atoms with van der Waals surface area (Å²) in [6.45, 7) is 8.06. The fourth-order valence-electron chi connectivity index (χ4n) is 2.44. The largest absolute Gasteiger partial charge is 0.341 e. The predicted octanol–water partition coefficient (Wildman–Crippen LogP) is 3.17. The van der Waals surface area contributed by atoms with Gasteiger partial charge in [-0.3, -0.25) is 4.98 Å². The van der Waals surface area contributed by atoms with Gasteiger partial charge in [-0.1, -0.05) is 6.92 Å². The van der Waals surface area contributed by atoms with Gasteiger partial charge in [-0.05, 0) is 38.8 Å². The Balaban J connectivity index is 0.000000136. The molecule has 0 aliphatic heterocycles. The number of rotatable bonds is 1. The van der Waals surface area contributed by atoms with Gasteiger partial charge in [-0.2, -0.15) is 5.10 Å². The Morgan fingerprint density at radius 1 is 1.09 bits per heavy atom. The zero-order chi connectivity index (χ0) is 16.4. The molecule has 0 bridgehead atoms. The molecule has 0 fully saturated rings. The number of hydrogen-bond donors (Lipinski definition) is 1. The first kappa shape index (κ1) is 15.1. The monoisotopic (exact) mass is 308 g/mol. The van der Waals surface area contributed by atoms with Crippen LogP contribution in [0.5, 0.6) is 0 Å². The zero-order valence-electron chi connectivity index (χ0n) is 13.8. The molecule has 4 aromatic heterocycles. The van der Waals surface area contributed by atoms with Crippen LogP contribution in [0.15, 0.2) is 30.9 Å². The lowest BCUT2D eigenvalue weighted by atomic mass is 10.3. The van der Waals surface area contributed by atoms with E-state index in [4.69, 9.17) is 0 Å². The van der Waals surface area contributed by atoms with Crippen LogP contribution in [0.2, 0.25) is 0 Å². The SMILES string of the molecule is CCc1cnn2ccc(C)nc12.Cc1nc2c(C)cncc2[nH]1. The van der Waals surface area contributed by atoms with Crippen LogP contribution in [-0.4, -0.2) is 29.5 Å². The molecule has 0 radical (unpaired) electrons. The van der Waals surface area contributed by atoms with Crippen molar-refractivity contribution in [2.45, 2.75) is 34.1 Å². The second-order valence-corrected chi connectivity index (χ2v) is 5.54. The lowest BCUT2D eigenvalue weighted by Crippen LogP contribution is -1.92. The molecule has 6 nitrogen and oxygen atoms in total. The topological polar surface area (TPSA) is 71.8 Å². The van der Waals surface area contributed by atoms with Crippen molar-refractivity contribution in [3.05, 3.63) is 53.5 Å². The maximum absolute atomic E-state index is 4.41. The Labute approximate surface area is 134 Å². The Kier molecular flexibility index (Phi) is 4.06. The van der Waals surface area contributed by atoms with E-state index in [-0.39, 0.29) is 0 Å². The summed E-state index contributed by atoms with van der Waals surface area (Å²) in [6.07, 6.45) is 8.42. The summed E-state index contributed by atoms with van der Waals surface area (Å²) in [4.78, 5) is 15.9. The van der Waals surface area contributed by atoms with Crippen molar-refractivity contribution in [1.82, 2.24) is 29.5 Å². The first-order valence-electron chi connectivity index (χ1n) is 7.65. The predicted molar refractivity (Wildman–Crippen MR) is 90.5 cm³/mol. The van der Waals surface area contributed by atoms with Crippen molar-refractivity contribution in [2.75, 3.05) is 0 Å². The Hall–Kier alpha value is -2.76. The number of H-pyrrole nitrogens is 1. The molecule has 1 N–H and O–H groups in total. The molecule has 4 aromatic rings. The minimum Gasteiger partial charge on any atom is -0.341 e. The third-order valence-corrected chi connectivity index (χ3v) is 3.66. The van der Waals surface area contributed by atoms with Crippen molar-refractivity contribution in [3.63, 3.8) is 0 Å². The van der Waals surface area contributed by atoms with E-state index in [1.807, 2.05) is 49.9 Å². The van der Waals surface area contributed by atoms with Gasteiger partial charge < -0.3 is 4.98 Å². The molecule has 0 aliphatic rings. The quantitative estimate of drug-likeness (QED) is 0.586. The molecule has 0 amide bonds. The van der Waals surface area contributed by atoms with Crippen LogP contribution in [-0.2, 0) is 6.42 Å². The van der Waals surface area contributed by atoms with Crippen LogP contribution in [0, 0.1) is 20.8 Å². The van der Waals surface area contributed by atoms with E-state index >= 15 is 0 Å². The number of pyridine rings is 1. The molecule has 0 atom stereocenters. The van der Waals surface area contributed by atoms with Crippen molar-refractivity contribution < 1.29 is 0 Å². The van der Waals surface area contributed by atoms with E-state index in [0.717, 1.165) is 40.2 Å². The summed E-state index contributed by atoms with van der Waals surface area (Å²) in [5.41, 5.74) is 6.39. The van der Waals surface area contributed by atoms with Crippen LogP contribution in [0.25, 0.3) is 16.7 Å². The lowest BCUT2D eigenvalue weighted by Gasteiger charge is -1.95. The van der Waals surface area contributed by atoms with Gasteiger partial charge in [-0.15, -0.1) is 0 Å². The van der Waals surface area contributed by atoms with Gasteiger partial charge in [0.1, 0.15) is 5.82 Å². The summed E-state index contributed by atoms with van der Waals surface area (Å²) in [5.74, 6) is 0.941. The Morgan fingerprint density at radius 2 is 1.91 bits per heavy atom. The highest BCUT2D eigenvalue weighted by atomic mass is 15.2. The zero-order valence-corrected chi connectivity index (χ0v) is 13.8. The average molecular weight is 308 g/mol. The van der Waals surface area contributed by atoms with Gasteiger partial charge >= 0.3 is 0 Å². The number of aryl methyl sites for hydroxylation is 4. The van der Waals surface area contributed by atoms with Crippen molar-refractivity contribution in [3.8, 4) is 0 Å². The van der Waals surface area contributed by atoms with Crippen LogP contribution in [0.3, 0.4) is 0 Å². The molecule has 0 saturated heterocycles. The van der Waals surface area contributed by atoms with Gasteiger partial charge in [0.2, 0.25) is 0 Å². The Bertz CT molecular complexity index is 950. The number of nitrogens with one attached hydrogen (secondary N) is 1. The van der Waals surface area contributed by atoms with Crippen LogP contribution in [0.4, 0.5) is 0 Å². The van der Waals surface area contributed by atoms with E-state index in [0.29, 0.717) is 0 Å². The Morgan fingerprint density at radius 3 is 2.65 bits per heavy atom. The second-order valence-electron chi connectivity index (χ2n) is 5.54. The first-order valence-corrected chi connectivity index (χ1v) is 7.65. The molecule has 0 aromatic carbocycles. The number of aromatic nitrogens is 6. The van der Waals surface area contributed by atoms with E-state index in [1.54, 1.807) is 6.20 Å². The molecule has 0 saturated carbocycles. The number of fused-ring (bicyclic) bond motifs is 2. The summed E-state index contributed by atoms with van der Waals surface area (Å²) in [7, 11) is 0. The van der Waals surface area contributed by atoms with Gasteiger partial charge in [0.25, 0.3) is 0 Å². The highest BCUT2D eigenvalue weighted by molar-refractivity contribution is 5.77. The summed E-state index contributed by atoms with van der Waals surface area (Å²) < 4.78 is 1.81. The maximum atomic E-state index is 4.41. The summed E-state index contributed by atoms with van der Waals surface area (Å²) in [5, 5.41) is 4.18. The first-order chi connectivity index (χ1) is 11.1. The maximum Gasteiger partial charge on any atom is 0.158 e. The molecule has 0 aliphatic carbocycles. The fourth-order valence-corrected chi connectivity index (χ4v) is 2.44. The van der Waals surface area contributed by atoms with Gasteiger partial charge in [0.05, 0.1) is 23.4 Å². The average Bonchev–Trinajstić information content (AvgIpc) is 3.11. The van der Waals surface area contributed by atoms with Crippen molar-refractivity contribution in [2.24, 2.45) is 0 Å².